The first-order valence-corrected chi connectivity index (χ1v) is 4.82. The molecule has 0 radical (unpaired) electrons. The largest absolute Gasteiger partial charge is 0.399 e. The first kappa shape index (κ1) is 11.5. The van der Waals surface area contributed by atoms with Crippen LogP contribution in [0.5, 0.6) is 0 Å². The quantitative estimate of drug-likeness (QED) is 0.698. The molecule has 0 fully saturated rings. The molecule has 0 saturated carbocycles. The third-order valence-electron chi connectivity index (χ3n) is 2.20. The van der Waals surface area contributed by atoms with Crippen LogP contribution in [-0.4, -0.2) is 36.1 Å². The number of amides is 1. The molecule has 4 heteroatoms. The van der Waals surface area contributed by atoms with Crippen LogP contribution in [0, 0.1) is 0 Å². The SMILES string of the molecule is CN(CCO)C(=O)Cc1ccc(N)cc1. The van der Waals surface area contributed by atoms with Crippen molar-refractivity contribution in [3.63, 3.8) is 0 Å². The average Bonchev–Trinajstić information content (AvgIpc) is 2.22. The summed E-state index contributed by atoms with van der Waals surface area (Å²) in [6.45, 7) is 0.359. The first-order chi connectivity index (χ1) is 7.13. The molecule has 3 N–H and O–H groups in total. The third kappa shape index (κ3) is 3.59. The van der Waals surface area contributed by atoms with Gasteiger partial charge >= 0.3 is 0 Å². The standard InChI is InChI=1S/C11H16N2O2/c1-13(6-7-14)11(15)8-9-2-4-10(12)5-3-9/h2-5,14H,6-8,12H2,1H3. The van der Waals surface area contributed by atoms with Crippen LogP contribution in [0.25, 0.3) is 0 Å². The highest BCUT2D eigenvalue weighted by molar-refractivity contribution is 5.78. The molecule has 1 aromatic carbocycles. The molecule has 0 aliphatic carbocycles. The lowest BCUT2D eigenvalue weighted by Crippen LogP contribution is -2.30. The molecule has 0 aromatic heterocycles. The molecule has 0 bridgehead atoms. The number of anilines is 1. The zero-order valence-corrected chi connectivity index (χ0v) is 8.81. The lowest BCUT2D eigenvalue weighted by molar-refractivity contribution is -0.129. The van der Waals surface area contributed by atoms with Crippen molar-refractivity contribution in [2.75, 3.05) is 25.9 Å². The topological polar surface area (TPSA) is 66.6 Å². The monoisotopic (exact) mass is 208 g/mol. The van der Waals surface area contributed by atoms with E-state index in [1.807, 2.05) is 12.1 Å². The van der Waals surface area contributed by atoms with E-state index in [9.17, 15) is 4.79 Å². The number of nitrogens with zero attached hydrogens (tertiary/aromatic N) is 1. The smallest absolute Gasteiger partial charge is 0.226 e. The molecule has 0 spiro atoms. The Morgan fingerprint density at radius 3 is 2.53 bits per heavy atom. The van der Waals surface area contributed by atoms with Crippen LogP contribution in [0.4, 0.5) is 5.69 Å². The summed E-state index contributed by atoms with van der Waals surface area (Å²) in [7, 11) is 1.68. The van der Waals surface area contributed by atoms with Gasteiger partial charge in [0.2, 0.25) is 5.91 Å². The Hall–Kier alpha value is -1.55. The van der Waals surface area contributed by atoms with Crippen LogP contribution in [0.15, 0.2) is 24.3 Å². The summed E-state index contributed by atoms with van der Waals surface area (Å²) in [6, 6.07) is 7.21. The Balaban J connectivity index is 2.54. The van der Waals surface area contributed by atoms with Gasteiger partial charge in [-0.05, 0) is 17.7 Å². The molecule has 0 heterocycles. The zero-order valence-electron chi connectivity index (χ0n) is 8.81. The lowest BCUT2D eigenvalue weighted by atomic mass is 10.1. The molecule has 0 atom stereocenters. The number of carbonyl (C=O) groups is 1. The lowest BCUT2D eigenvalue weighted by Gasteiger charge is -2.15. The fraction of sp³-hybridized carbons (Fsp3) is 0.364. The minimum absolute atomic E-state index is 0.00572. The van der Waals surface area contributed by atoms with Crippen molar-refractivity contribution in [1.29, 1.82) is 0 Å². The molecule has 82 valence electrons. The second-order valence-electron chi connectivity index (χ2n) is 3.46. The van der Waals surface area contributed by atoms with E-state index in [0.717, 1.165) is 5.56 Å². The number of rotatable bonds is 4. The van der Waals surface area contributed by atoms with Crippen molar-refractivity contribution >= 4 is 11.6 Å². The van der Waals surface area contributed by atoms with Gasteiger partial charge in [0.1, 0.15) is 0 Å². The summed E-state index contributed by atoms with van der Waals surface area (Å²) in [4.78, 5) is 13.1. The summed E-state index contributed by atoms with van der Waals surface area (Å²) >= 11 is 0. The minimum atomic E-state index is -0.00994. The molecule has 4 nitrogen and oxygen atoms in total. The molecule has 15 heavy (non-hydrogen) atoms. The van der Waals surface area contributed by atoms with Crippen LogP contribution >= 0.6 is 0 Å². The first-order valence-electron chi connectivity index (χ1n) is 4.82. The zero-order chi connectivity index (χ0) is 11.3. The number of likely N-dealkylation sites (N-methyl/N-ethyl adjacent to an activating group) is 1. The van der Waals surface area contributed by atoms with Crippen LogP contribution in [0.1, 0.15) is 5.56 Å². The second kappa shape index (κ2) is 5.36. The number of aliphatic hydroxyl groups excluding tert-OH is 1. The molecular weight excluding hydrogens is 192 g/mol. The summed E-state index contributed by atoms with van der Waals surface area (Å²) in [5.74, 6) is -0.00572. The molecule has 1 aromatic rings. The molecule has 1 rings (SSSR count). The predicted octanol–water partition coefficient (Wildman–Crippen LogP) is 0.262. The summed E-state index contributed by atoms with van der Waals surface area (Å²) in [5, 5.41) is 8.68. The Morgan fingerprint density at radius 1 is 1.40 bits per heavy atom. The average molecular weight is 208 g/mol. The molecule has 0 aliphatic rings. The number of carbonyl (C=O) groups excluding carboxylic acids is 1. The summed E-state index contributed by atoms with van der Waals surface area (Å²) < 4.78 is 0. The van der Waals surface area contributed by atoms with Gasteiger partial charge in [0, 0.05) is 19.3 Å². The van der Waals surface area contributed by atoms with E-state index >= 15 is 0 Å². The van der Waals surface area contributed by atoms with E-state index < -0.39 is 0 Å². The summed E-state index contributed by atoms with van der Waals surface area (Å²) in [6.07, 6.45) is 0.344. The van der Waals surface area contributed by atoms with Crippen molar-refractivity contribution in [1.82, 2.24) is 4.90 Å². The Kier molecular flexibility index (Phi) is 4.12. The van der Waals surface area contributed by atoms with Crippen LogP contribution in [-0.2, 0) is 11.2 Å². The third-order valence-corrected chi connectivity index (χ3v) is 2.20. The molecule has 1 amide bonds. The molecule has 0 unspecified atom stereocenters. The minimum Gasteiger partial charge on any atom is -0.399 e. The number of aliphatic hydroxyl groups is 1. The van der Waals surface area contributed by atoms with Gasteiger partial charge in [-0.3, -0.25) is 4.79 Å². The van der Waals surface area contributed by atoms with Gasteiger partial charge in [0.15, 0.2) is 0 Å². The Bertz CT molecular complexity index is 322. The van der Waals surface area contributed by atoms with E-state index in [0.29, 0.717) is 18.7 Å². The van der Waals surface area contributed by atoms with Crippen molar-refractivity contribution in [3.8, 4) is 0 Å². The highest BCUT2D eigenvalue weighted by Gasteiger charge is 2.08. The number of nitrogen functional groups attached to an aromatic ring is 1. The maximum absolute atomic E-state index is 11.6. The number of hydrogen-bond acceptors (Lipinski definition) is 3. The summed E-state index contributed by atoms with van der Waals surface area (Å²) in [5.41, 5.74) is 7.16. The maximum Gasteiger partial charge on any atom is 0.226 e. The predicted molar refractivity (Wildman–Crippen MR) is 59.3 cm³/mol. The fourth-order valence-electron chi connectivity index (χ4n) is 1.22. The number of benzene rings is 1. The van der Waals surface area contributed by atoms with E-state index in [1.165, 1.54) is 4.90 Å². The van der Waals surface area contributed by atoms with Gasteiger partial charge < -0.3 is 15.7 Å². The van der Waals surface area contributed by atoms with Gasteiger partial charge in [-0.1, -0.05) is 12.1 Å². The maximum atomic E-state index is 11.6. The van der Waals surface area contributed by atoms with E-state index in [2.05, 4.69) is 0 Å². The van der Waals surface area contributed by atoms with E-state index in [-0.39, 0.29) is 12.5 Å². The fourth-order valence-corrected chi connectivity index (χ4v) is 1.22. The van der Waals surface area contributed by atoms with Crippen LogP contribution < -0.4 is 5.73 Å². The van der Waals surface area contributed by atoms with Crippen molar-refractivity contribution in [2.45, 2.75) is 6.42 Å². The van der Waals surface area contributed by atoms with Crippen molar-refractivity contribution in [2.24, 2.45) is 0 Å². The van der Waals surface area contributed by atoms with Gasteiger partial charge in [-0.2, -0.15) is 0 Å². The van der Waals surface area contributed by atoms with Gasteiger partial charge in [-0.15, -0.1) is 0 Å². The Morgan fingerprint density at radius 2 is 2.00 bits per heavy atom. The highest BCUT2D eigenvalue weighted by Crippen LogP contribution is 2.07. The van der Waals surface area contributed by atoms with Gasteiger partial charge in [-0.25, -0.2) is 0 Å². The molecule has 0 saturated heterocycles. The highest BCUT2D eigenvalue weighted by atomic mass is 16.3. The second-order valence-corrected chi connectivity index (χ2v) is 3.46. The van der Waals surface area contributed by atoms with Crippen LogP contribution in [0.2, 0.25) is 0 Å². The van der Waals surface area contributed by atoms with E-state index in [4.69, 9.17) is 10.8 Å². The molecular formula is C11H16N2O2. The Labute approximate surface area is 89.3 Å². The normalized spacial score (nSPS) is 10.0. The number of nitrogens with two attached hydrogens (primary N) is 1. The van der Waals surface area contributed by atoms with E-state index in [1.54, 1.807) is 19.2 Å². The van der Waals surface area contributed by atoms with Crippen molar-refractivity contribution < 1.29 is 9.90 Å². The van der Waals surface area contributed by atoms with Crippen LogP contribution in [0.3, 0.4) is 0 Å². The van der Waals surface area contributed by atoms with Gasteiger partial charge in [0.05, 0.1) is 13.0 Å². The molecule has 0 aliphatic heterocycles. The number of hydrogen-bond donors (Lipinski definition) is 2. The van der Waals surface area contributed by atoms with Crippen molar-refractivity contribution in [3.05, 3.63) is 29.8 Å². The van der Waals surface area contributed by atoms with Gasteiger partial charge in [0.25, 0.3) is 0 Å².